The average Bonchev–Trinajstić information content (AvgIpc) is 3.78. The molecule has 46 heavy (non-hydrogen) atoms. The summed E-state index contributed by atoms with van der Waals surface area (Å²) in [6.07, 6.45) is 1.57. The van der Waals surface area contributed by atoms with Gasteiger partial charge in [-0.2, -0.15) is 14.6 Å². The Hall–Kier alpha value is -4.89. The number of imidazole rings is 1. The van der Waals surface area contributed by atoms with Crippen LogP contribution in [0.1, 0.15) is 13.8 Å². The van der Waals surface area contributed by atoms with Crippen LogP contribution in [0.2, 0.25) is 0 Å². The molecular weight excluding hydrogens is 595 g/mol. The maximum Gasteiger partial charge on any atom is 0.330 e. The summed E-state index contributed by atoms with van der Waals surface area (Å²) >= 11 is 0. The van der Waals surface area contributed by atoms with Crippen molar-refractivity contribution in [3.8, 4) is 17.2 Å². The summed E-state index contributed by atoms with van der Waals surface area (Å²) in [5.74, 6) is 0.583. The first-order valence-corrected chi connectivity index (χ1v) is 15.3. The fourth-order valence-corrected chi connectivity index (χ4v) is 5.72. The third kappa shape index (κ3) is 6.02. The van der Waals surface area contributed by atoms with E-state index in [0.717, 1.165) is 0 Å². The Morgan fingerprint density at radius 2 is 1.93 bits per heavy atom. The van der Waals surface area contributed by atoms with Crippen molar-refractivity contribution in [3.05, 3.63) is 59.0 Å². The van der Waals surface area contributed by atoms with E-state index in [1.807, 2.05) is 30.9 Å². The van der Waals surface area contributed by atoms with Crippen LogP contribution in [0.25, 0.3) is 28.1 Å². The van der Waals surface area contributed by atoms with Crippen LogP contribution < -0.4 is 32.1 Å². The number of nitrogens with two attached hydrogens (primary N) is 2. The maximum atomic E-state index is 15.1. The zero-order valence-corrected chi connectivity index (χ0v) is 26.1. The summed E-state index contributed by atoms with van der Waals surface area (Å²) in [6.45, 7) is 7.93. The molecule has 15 heteroatoms. The second-order valence-electron chi connectivity index (χ2n) is 11.8. The number of hydrogen-bond donors (Lipinski definition) is 3. The molecule has 14 nitrogen and oxygen atoms in total. The summed E-state index contributed by atoms with van der Waals surface area (Å²) in [6, 6.07) is 9.66. The molecule has 5 aromatic rings. The average molecular weight is 635 g/mol. The number of furan rings is 1. The molecule has 6 rings (SSSR count). The van der Waals surface area contributed by atoms with Crippen LogP contribution in [0.3, 0.4) is 0 Å². The van der Waals surface area contributed by atoms with Crippen LogP contribution in [-0.2, 0) is 18.4 Å². The highest BCUT2D eigenvalue weighted by Gasteiger charge is 2.23. The highest BCUT2D eigenvalue weighted by atomic mass is 19.1. The van der Waals surface area contributed by atoms with Gasteiger partial charge in [0.15, 0.2) is 11.4 Å². The SMILES string of the molecule is CC(C)[C@H](N)C(=O)NCCOc1ccc(N2CCN(CCn3c(=O)n(C)c4c3nc(N)n3nc(-c5ccco5)cc43)CC2)c(F)c1. The summed E-state index contributed by atoms with van der Waals surface area (Å²) in [4.78, 5) is 34.1. The monoisotopic (exact) mass is 634 g/mol. The number of nitrogen functional groups attached to an aromatic ring is 1. The van der Waals surface area contributed by atoms with E-state index in [0.29, 0.717) is 78.8 Å². The van der Waals surface area contributed by atoms with Crippen molar-refractivity contribution in [2.24, 2.45) is 18.7 Å². The smallest absolute Gasteiger partial charge is 0.330 e. The molecule has 244 valence electrons. The topological polar surface area (TPSA) is 167 Å². The van der Waals surface area contributed by atoms with Crippen molar-refractivity contribution in [2.75, 3.05) is 56.5 Å². The minimum absolute atomic E-state index is 0.0352. The number of anilines is 2. The predicted molar refractivity (Wildman–Crippen MR) is 172 cm³/mol. The molecule has 1 atom stereocenters. The van der Waals surface area contributed by atoms with Crippen LogP contribution in [0.15, 0.2) is 51.9 Å². The second kappa shape index (κ2) is 12.8. The molecule has 0 saturated carbocycles. The number of halogens is 1. The lowest BCUT2D eigenvalue weighted by Gasteiger charge is -2.36. The third-order valence-corrected chi connectivity index (χ3v) is 8.45. The van der Waals surface area contributed by atoms with Gasteiger partial charge in [0.1, 0.15) is 29.4 Å². The van der Waals surface area contributed by atoms with Crippen molar-refractivity contribution < 1.29 is 18.3 Å². The molecule has 1 aliphatic heterocycles. The highest BCUT2D eigenvalue weighted by Crippen LogP contribution is 2.27. The lowest BCUT2D eigenvalue weighted by atomic mass is 10.1. The normalized spacial score (nSPS) is 14.9. The number of aromatic nitrogens is 5. The van der Waals surface area contributed by atoms with Gasteiger partial charge in [-0.3, -0.25) is 18.8 Å². The first-order chi connectivity index (χ1) is 22.1. The Morgan fingerprint density at radius 3 is 2.63 bits per heavy atom. The van der Waals surface area contributed by atoms with Gasteiger partial charge >= 0.3 is 5.69 Å². The quantitative estimate of drug-likeness (QED) is 0.182. The minimum Gasteiger partial charge on any atom is -0.492 e. The third-order valence-electron chi connectivity index (χ3n) is 8.45. The number of carbonyl (C=O) groups excluding carboxylic acids is 1. The fraction of sp³-hybridized carbons (Fsp3) is 0.419. The number of amides is 1. The van der Waals surface area contributed by atoms with E-state index in [2.05, 4.69) is 20.3 Å². The van der Waals surface area contributed by atoms with Gasteiger partial charge < -0.3 is 30.8 Å². The van der Waals surface area contributed by atoms with Crippen molar-refractivity contribution in [1.29, 1.82) is 0 Å². The number of rotatable bonds is 11. The number of fused-ring (bicyclic) bond motifs is 3. The molecule has 0 aliphatic carbocycles. The van der Waals surface area contributed by atoms with Gasteiger partial charge in [0.2, 0.25) is 11.9 Å². The van der Waals surface area contributed by atoms with Crippen LogP contribution in [-0.4, -0.2) is 86.5 Å². The molecule has 0 unspecified atom stereocenters. The highest BCUT2D eigenvalue weighted by molar-refractivity contribution is 5.91. The molecule has 1 fully saturated rings. The minimum atomic E-state index is -0.578. The number of nitrogens with one attached hydrogen (secondary N) is 1. The molecule has 0 spiro atoms. The Kier molecular flexibility index (Phi) is 8.69. The maximum absolute atomic E-state index is 15.1. The number of piperazine rings is 1. The molecular formula is C31H39FN10O4. The Balaban J connectivity index is 1.05. The number of nitrogens with zero attached hydrogens (tertiary/aromatic N) is 7. The van der Waals surface area contributed by atoms with E-state index in [4.69, 9.17) is 20.6 Å². The zero-order chi connectivity index (χ0) is 32.5. The van der Waals surface area contributed by atoms with Gasteiger partial charge in [-0.05, 0) is 36.2 Å². The van der Waals surface area contributed by atoms with E-state index in [1.165, 1.54) is 10.6 Å². The summed E-state index contributed by atoms with van der Waals surface area (Å²) in [5, 5.41) is 7.26. The van der Waals surface area contributed by atoms with Crippen molar-refractivity contribution >= 4 is 34.2 Å². The van der Waals surface area contributed by atoms with Crippen LogP contribution in [0, 0.1) is 11.7 Å². The molecule has 1 aromatic carbocycles. The Bertz CT molecular complexity index is 1900. The van der Waals surface area contributed by atoms with Crippen molar-refractivity contribution in [3.63, 3.8) is 0 Å². The van der Waals surface area contributed by atoms with E-state index < -0.39 is 6.04 Å². The van der Waals surface area contributed by atoms with E-state index >= 15 is 4.39 Å². The molecule has 0 bridgehead atoms. The lowest BCUT2D eigenvalue weighted by molar-refractivity contribution is -0.123. The van der Waals surface area contributed by atoms with Crippen molar-refractivity contribution in [1.82, 2.24) is 33.9 Å². The molecule has 4 aromatic heterocycles. The molecule has 5 heterocycles. The van der Waals surface area contributed by atoms with Crippen LogP contribution in [0.5, 0.6) is 5.75 Å². The Morgan fingerprint density at radius 1 is 1.15 bits per heavy atom. The first kappa shape index (κ1) is 31.1. The molecule has 1 saturated heterocycles. The van der Waals surface area contributed by atoms with Crippen LogP contribution in [0.4, 0.5) is 16.0 Å². The van der Waals surface area contributed by atoms with Gasteiger partial charge in [-0.25, -0.2) is 9.18 Å². The van der Waals surface area contributed by atoms with Gasteiger partial charge in [0, 0.05) is 52.4 Å². The van der Waals surface area contributed by atoms with E-state index in [1.54, 1.807) is 40.6 Å². The summed E-state index contributed by atoms with van der Waals surface area (Å²) < 4.78 is 30.9. The number of aryl methyl sites for hydroxylation is 1. The molecule has 0 radical (unpaired) electrons. The molecule has 5 N–H and O–H groups in total. The second-order valence-corrected chi connectivity index (χ2v) is 11.8. The number of ether oxygens (including phenoxy) is 1. The van der Waals surface area contributed by atoms with Crippen molar-refractivity contribution in [2.45, 2.75) is 26.4 Å². The number of hydrogen-bond acceptors (Lipinski definition) is 10. The predicted octanol–water partition coefficient (Wildman–Crippen LogP) is 1.66. The van der Waals surface area contributed by atoms with Gasteiger partial charge in [-0.1, -0.05) is 13.8 Å². The number of carbonyl (C=O) groups is 1. The summed E-state index contributed by atoms with van der Waals surface area (Å²) in [7, 11) is 1.71. The van der Waals surface area contributed by atoms with E-state index in [-0.39, 0.29) is 42.4 Å². The van der Waals surface area contributed by atoms with Gasteiger partial charge in [0.25, 0.3) is 0 Å². The van der Waals surface area contributed by atoms with E-state index in [9.17, 15) is 9.59 Å². The lowest BCUT2D eigenvalue weighted by Crippen LogP contribution is -2.47. The largest absolute Gasteiger partial charge is 0.492 e. The summed E-state index contributed by atoms with van der Waals surface area (Å²) in [5.41, 5.74) is 14.8. The van der Waals surface area contributed by atoms with Gasteiger partial charge in [-0.15, -0.1) is 0 Å². The zero-order valence-electron chi connectivity index (χ0n) is 26.1. The standard InChI is InChI=1S/C31H39FN10O4/c1-19(2)26(33)29(43)35-8-16-45-20-6-7-23(21(32)17-20)40-12-9-39(10-13-40)11-14-41-28-27(38(3)31(41)44)24-18-22(25-5-4-15-46-25)37-42(24)30(34)36-28/h4-7,15,17-19,26H,8-14,16,33H2,1-3H3,(H2,34,36)(H,35,43)/t26-/m0/s1. The number of benzene rings is 1. The first-order valence-electron chi connectivity index (χ1n) is 15.3. The Labute approximate surface area is 264 Å². The molecule has 1 amide bonds. The fourth-order valence-electron chi connectivity index (χ4n) is 5.72. The molecule has 1 aliphatic rings. The van der Waals surface area contributed by atoms with Crippen LogP contribution >= 0.6 is 0 Å². The van der Waals surface area contributed by atoms with Gasteiger partial charge in [0.05, 0.1) is 30.1 Å².